The first-order valence-electron chi connectivity index (χ1n) is 4.04. The lowest BCUT2D eigenvalue weighted by atomic mass is 10.1. The maximum Gasteiger partial charge on any atom is 0.0574 e. The van der Waals surface area contributed by atoms with Gasteiger partial charge in [-0.1, -0.05) is 25.5 Å². The zero-order valence-corrected chi connectivity index (χ0v) is 7.22. The van der Waals surface area contributed by atoms with Crippen molar-refractivity contribution in [3.05, 3.63) is 11.6 Å². The minimum Gasteiger partial charge on any atom is -0.393 e. The predicted octanol–water partition coefficient (Wildman–Crippen LogP) is 2.50. The molecule has 0 radical (unpaired) electrons. The topological polar surface area (TPSA) is 20.2 Å². The molecule has 0 fully saturated rings. The summed E-state index contributed by atoms with van der Waals surface area (Å²) >= 11 is 0. The molecule has 0 amide bonds. The van der Waals surface area contributed by atoms with Crippen LogP contribution >= 0.6 is 0 Å². The number of aliphatic hydroxyl groups excluding tert-OH is 1. The largest absolute Gasteiger partial charge is 0.393 e. The molecule has 0 aliphatic carbocycles. The first-order valence-corrected chi connectivity index (χ1v) is 4.04. The lowest BCUT2D eigenvalue weighted by Gasteiger charge is -2.06. The van der Waals surface area contributed by atoms with Crippen LogP contribution < -0.4 is 0 Å². The highest BCUT2D eigenvalue weighted by molar-refractivity contribution is 4.98. The molecule has 0 aromatic heterocycles. The van der Waals surface area contributed by atoms with Gasteiger partial charge >= 0.3 is 0 Å². The van der Waals surface area contributed by atoms with Gasteiger partial charge in [0.1, 0.15) is 0 Å². The third kappa shape index (κ3) is 4.57. The fourth-order valence-electron chi connectivity index (χ4n) is 0.948. The Morgan fingerprint density at radius 3 is 2.50 bits per heavy atom. The molecule has 10 heavy (non-hydrogen) atoms. The lowest BCUT2D eigenvalue weighted by Crippen LogP contribution is -2.03. The first-order chi connectivity index (χ1) is 4.70. The molecule has 1 nitrogen and oxygen atoms in total. The van der Waals surface area contributed by atoms with Crippen LogP contribution in [0.25, 0.3) is 0 Å². The van der Waals surface area contributed by atoms with E-state index in [9.17, 15) is 5.11 Å². The van der Waals surface area contributed by atoms with Gasteiger partial charge in [0, 0.05) is 0 Å². The second-order valence-corrected chi connectivity index (χ2v) is 2.72. The highest BCUT2D eigenvalue weighted by Gasteiger charge is 1.99. The predicted molar refractivity (Wildman–Crippen MR) is 45.0 cm³/mol. The summed E-state index contributed by atoms with van der Waals surface area (Å²) in [4.78, 5) is 0. The Balaban J connectivity index is 3.56. The highest BCUT2D eigenvalue weighted by atomic mass is 16.3. The van der Waals surface area contributed by atoms with E-state index >= 15 is 0 Å². The van der Waals surface area contributed by atoms with E-state index in [0.717, 1.165) is 19.3 Å². The van der Waals surface area contributed by atoms with Gasteiger partial charge in [-0.25, -0.2) is 0 Å². The van der Waals surface area contributed by atoms with Crippen molar-refractivity contribution in [1.29, 1.82) is 0 Å². The van der Waals surface area contributed by atoms with Gasteiger partial charge in [0.05, 0.1) is 6.10 Å². The number of hydrogen-bond acceptors (Lipinski definition) is 1. The summed E-state index contributed by atoms with van der Waals surface area (Å²) in [5, 5.41) is 9.21. The Kier molecular flexibility index (Phi) is 5.32. The van der Waals surface area contributed by atoms with Crippen molar-refractivity contribution in [2.45, 2.75) is 46.1 Å². The number of aliphatic hydroxyl groups is 1. The molecule has 1 unspecified atom stereocenters. The van der Waals surface area contributed by atoms with Crippen molar-refractivity contribution in [3.63, 3.8) is 0 Å². The van der Waals surface area contributed by atoms with Gasteiger partial charge in [-0.15, -0.1) is 0 Å². The van der Waals surface area contributed by atoms with Crippen molar-refractivity contribution < 1.29 is 5.11 Å². The van der Waals surface area contributed by atoms with Crippen LogP contribution in [0.4, 0.5) is 0 Å². The van der Waals surface area contributed by atoms with Crippen LogP contribution in [-0.2, 0) is 0 Å². The summed E-state index contributed by atoms with van der Waals surface area (Å²) in [6.45, 7) is 6.19. The van der Waals surface area contributed by atoms with E-state index in [1.165, 1.54) is 5.57 Å². The van der Waals surface area contributed by atoms with Gasteiger partial charge in [0.25, 0.3) is 0 Å². The van der Waals surface area contributed by atoms with Crippen LogP contribution in [0.15, 0.2) is 11.6 Å². The van der Waals surface area contributed by atoms with Crippen LogP contribution in [0.5, 0.6) is 0 Å². The first kappa shape index (κ1) is 9.70. The third-order valence-electron chi connectivity index (χ3n) is 1.58. The summed E-state index contributed by atoms with van der Waals surface area (Å²) in [5.41, 5.74) is 1.30. The second kappa shape index (κ2) is 5.48. The fraction of sp³-hybridized carbons (Fsp3) is 0.778. The summed E-state index contributed by atoms with van der Waals surface area (Å²) < 4.78 is 0. The van der Waals surface area contributed by atoms with Gasteiger partial charge in [0.15, 0.2) is 0 Å². The van der Waals surface area contributed by atoms with Crippen LogP contribution in [0.3, 0.4) is 0 Å². The summed E-state index contributed by atoms with van der Waals surface area (Å²) in [6.07, 6.45) is 4.79. The Labute approximate surface area is 63.8 Å². The van der Waals surface area contributed by atoms with Gasteiger partial charge < -0.3 is 5.11 Å². The van der Waals surface area contributed by atoms with Crippen molar-refractivity contribution >= 4 is 0 Å². The van der Waals surface area contributed by atoms with E-state index in [1.807, 2.05) is 6.92 Å². The van der Waals surface area contributed by atoms with Gasteiger partial charge in [-0.05, 0) is 26.2 Å². The van der Waals surface area contributed by atoms with E-state index in [0.29, 0.717) is 0 Å². The lowest BCUT2D eigenvalue weighted by molar-refractivity contribution is 0.170. The Morgan fingerprint density at radius 2 is 2.10 bits per heavy atom. The molecule has 1 atom stereocenters. The zero-order valence-electron chi connectivity index (χ0n) is 7.22. The maximum absolute atomic E-state index is 9.21. The fourth-order valence-corrected chi connectivity index (χ4v) is 0.948. The second-order valence-electron chi connectivity index (χ2n) is 2.72. The summed E-state index contributed by atoms with van der Waals surface area (Å²) in [7, 11) is 0. The monoisotopic (exact) mass is 142 g/mol. The van der Waals surface area contributed by atoms with E-state index in [1.54, 1.807) is 0 Å². The number of rotatable bonds is 4. The number of allylic oxidation sites excluding steroid dienone is 1. The molecule has 0 saturated carbocycles. The average Bonchev–Trinajstić information content (AvgIpc) is 1.88. The molecule has 0 heterocycles. The van der Waals surface area contributed by atoms with Crippen LogP contribution in [0.1, 0.15) is 40.0 Å². The highest BCUT2D eigenvalue weighted by Crippen LogP contribution is 2.07. The Morgan fingerprint density at radius 1 is 1.50 bits per heavy atom. The van der Waals surface area contributed by atoms with Crippen molar-refractivity contribution in [2.75, 3.05) is 0 Å². The van der Waals surface area contributed by atoms with E-state index in [-0.39, 0.29) is 6.10 Å². The molecule has 0 bridgehead atoms. The van der Waals surface area contributed by atoms with E-state index < -0.39 is 0 Å². The minimum atomic E-state index is -0.136. The number of hydrogen-bond donors (Lipinski definition) is 1. The normalized spacial score (nSPS) is 15.4. The molecular weight excluding hydrogens is 124 g/mol. The molecule has 0 aromatic carbocycles. The van der Waals surface area contributed by atoms with Crippen LogP contribution in [0, 0.1) is 0 Å². The van der Waals surface area contributed by atoms with Gasteiger partial charge in [-0.2, -0.15) is 0 Å². The molecule has 0 aliphatic rings. The molecule has 1 N–H and O–H groups in total. The van der Waals surface area contributed by atoms with Crippen LogP contribution in [0.2, 0.25) is 0 Å². The Bertz CT molecular complexity index is 105. The molecule has 1 heteroatoms. The van der Waals surface area contributed by atoms with Gasteiger partial charge in [-0.3, -0.25) is 0 Å². The summed E-state index contributed by atoms with van der Waals surface area (Å²) in [5.74, 6) is 0. The maximum atomic E-state index is 9.21. The van der Waals surface area contributed by atoms with Crippen molar-refractivity contribution in [1.82, 2.24) is 0 Å². The summed E-state index contributed by atoms with van der Waals surface area (Å²) in [6, 6.07) is 0. The molecule has 0 aliphatic heterocycles. The van der Waals surface area contributed by atoms with E-state index in [4.69, 9.17) is 0 Å². The third-order valence-corrected chi connectivity index (χ3v) is 1.58. The van der Waals surface area contributed by atoms with Crippen LogP contribution in [-0.4, -0.2) is 11.2 Å². The molecule has 0 saturated heterocycles. The molecule has 60 valence electrons. The van der Waals surface area contributed by atoms with Crippen molar-refractivity contribution in [2.24, 2.45) is 0 Å². The molecule has 0 aromatic rings. The molecular formula is C9H18O. The SMILES string of the molecule is CC/C=C(/C)CC(O)CC. The average molecular weight is 142 g/mol. The smallest absolute Gasteiger partial charge is 0.0574 e. The van der Waals surface area contributed by atoms with Gasteiger partial charge in [0.2, 0.25) is 0 Å². The quantitative estimate of drug-likeness (QED) is 0.598. The Hall–Kier alpha value is -0.300. The molecule has 0 spiro atoms. The van der Waals surface area contributed by atoms with E-state index in [2.05, 4.69) is 19.9 Å². The van der Waals surface area contributed by atoms with Crippen molar-refractivity contribution in [3.8, 4) is 0 Å². The minimum absolute atomic E-state index is 0.136. The standard InChI is InChI=1S/C9H18O/c1-4-6-8(3)7-9(10)5-2/h6,9-10H,4-5,7H2,1-3H3/b8-6-. The zero-order chi connectivity index (χ0) is 7.98. The molecule has 0 rings (SSSR count).